The molecular formula is C12H15F3N2O. The standard InChI is InChI=1S/C12H15F3N2O/c1-17-8-3-2-6-11(17,18-12(13,14)15)10-5-4-7-16-9-10/h4-5,7,9H,2-3,6,8H2,1H3. The number of ether oxygens (including phenoxy) is 1. The Hall–Kier alpha value is -1.14. The smallest absolute Gasteiger partial charge is 0.275 e. The SMILES string of the molecule is CN1CCCCC1(OC(F)(F)F)c1cccnc1. The molecule has 0 radical (unpaired) electrons. The van der Waals surface area contributed by atoms with E-state index in [1.807, 2.05) is 0 Å². The summed E-state index contributed by atoms with van der Waals surface area (Å²) in [6, 6.07) is 3.25. The van der Waals surface area contributed by atoms with E-state index in [-0.39, 0.29) is 0 Å². The second-order valence-corrected chi connectivity index (χ2v) is 4.45. The van der Waals surface area contributed by atoms with E-state index in [4.69, 9.17) is 0 Å². The highest BCUT2D eigenvalue weighted by molar-refractivity contribution is 5.18. The van der Waals surface area contributed by atoms with E-state index in [0.717, 1.165) is 6.42 Å². The largest absolute Gasteiger partial charge is 0.524 e. The first-order valence-electron chi connectivity index (χ1n) is 5.83. The number of nitrogens with zero attached hydrogens (tertiary/aromatic N) is 2. The summed E-state index contributed by atoms with van der Waals surface area (Å²) in [6.07, 6.45) is 0.201. The van der Waals surface area contributed by atoms with Crippen molar-refractivity contribution in [3.05, 3.63) is 30.1 Å². The number of hydrogen-bond donors (Lipinski definition) is 0. The van der Waals surface area contributed by atoms with Gasteiger partial charge in [0.05, 0.1) is 0 Å². The molecule has 0 N–H and O–H groups in total. The lowest BCUT2D eigenvalue weighted by Crippen LogP contribution is -2.51. The number of hydrogen-bond acceptors (Lipinski definition) is 3. The van der Waals surface area contributed by atoms with E-state index in [9.17, 15) is 13.2 Å². The maximum atomic E-state index is 12.7. The zero-order valence-electron chi connectivity index (χ0n) is 10.1. The fraction of sp³-hybridized carbons (Fsp3) is 0.583. The third kappa shape index (κ3) is 2.64. The monoisotopic (exact) mass is 260 g/mol. The molecule has 0 spiro atoms. The molecule has 0 bridgehead atoms. The highest BCUT2D eigenvalue weighted by Crippen LogP contribution is 2.41. The van der Waals surface area contributed by atoms with Crippen LogP contribution < -0.4 is 0 Å². The van der Waals surface area contributed by atoms with Crippen molar-refractivity contribution >= 4 is 0 Å². The number of alkyl halides is 3. The number of likely N-dealkylation sites (tertiary alicyclic amines) is 1. The minimum absolute atomic E-state index is 0.314. The molecule has 0 aliphatic carbocycles. The molecule has 1 aromatic heterocycles. The summed E-state index contributed by atoms with van der Waals surface area (Å²) in [5.74, 6) is 0. The third-order valence-electron chi connectivity index (χ3n) is 3.27. The zero-order chi connectivity index (χ0) is 13.2. The lowest BCUT2D eigenvalue weighted by molar-refractivity contribution is -0.400. The first-order valence-corrected chi connectivity index (χ1v) is 5.83. The van der Waals surface area contributed by atoms with Crippen molar-refractivity contribution < 1.29 is 17.9 Å². The second kappa shape index (κ2) is 4.85. The van der Waals surface area contributed by atoms with E-state index >= 15 is 0 Å². The molecule has 1 atom stereocenters. The first kappa shape index (κ1) is 13.3. The Labute approximate surface area is 104 Å². The van der Waals surface area contributed by atoms with Gasteiger partial charge in [-0.15, -0.1) is 13.2 Å². The Bertz CT molecular complexity index is 396. The van der Waals surface area contributed by atoms with Gasteiger partial charge in [-0.25, -0.2) is 0 Å². The molecule has 1 unspecified atom stereocenters. The summed E-state index contributed by atoms with van der Waals surface area (Å²) in [7, 11) is 1.65. The normalized spacial score (nSPS) is 26.2. The fourth-order valence-corrected chi connectivity index (χ4v) is 2.42. The number of piperidine rings is 1. The van der Waals surface area contributed by atoms with Gasteiger partial charge >= 0.3 is 6.36 Å². The summed E-state index contributed by atoms with van der Waals surface area (Å²) in [6.45, 7) is 0.574. The van der Waals surface area contributed by atoms with Crippen molar-refractivity contribution in [1.29, 1.82) is 0 Å². The molecule has 18 heavy (non-hydrogen) atoms. The molecule has 0 amide bonds. The van der Waals surface area contributed by atoms with Crippen LogP contribution in [0.25, 0.3) is 0 Å². The zero-order valence-corrected chi connectivity index (χ0v) is 10.1. The van der Waals surface area contributed by atoms with Crippen LogP contribution in [0.2, 0.25) is 0 Å². The van der Waals surface area contributed by atoms with Gasteiger partial charge in [-0.2, -0.15) is 0 Å². The lowest BCUT2D eigenvalue weighted by Gasteiger charge is -2.44. The minimum Gasteiger partial charge on any atom is -0.275 e. The van der Waals surface area contributed by atoms with Crippen LogP contribution in [-0.4, -0.2) is 29.8 Å². The number of halogens is 3. The molecule has 6 heteroatoms. The second-order valence-electron chi connectivity index (χ2n) is 4.45. The average molecular weight is 260 g/mol. The van der Waals surface area contributed by atoms with Gasteiger partial charge in [0.15, 0.2) is 5.72 Å². The Morgan fingerprint density at radius 1 is 1.39 bits per heavy atom. The highest BCUT2D eigenvalue weighted by atomic mass is 19.4. The first-order chi connectivity index (χ1) is 8.44. The Morgan fingerprint density at radius 3 is 2.72 bits per heavy atom. The molecule has 1 aromatic rings. The van der Waals surface area contributed by atoms with Crippen LogP contribution in [0.1, 0.15) is 24.8 Å². The molecule has 0 aromatic carbocycles. The van der Waals surface area contributed by atoms with Crippen LogP contribution in [0.4, 0.5) is 13.2 Å². The van der Waals surface area contributed by atoms with Gasteiger partial charge in [0.1, 0.15) is 0 Å². The fourth-order valence-electron chi connectivity index (χ4n) is 2.42. The van der Waals surface area contributed by atoms with Gasteiger partial charge in [-0.1, -0.05) is 6.07 Å². The predicted octanol–water partition coefficient (Wildman–Crippen LogP) is 2.89. The topological polar surface area (TPSA) is 25.4 Å². The molecule has 1 aliphatic rings. The third-order valence-corrected chi connectivity index (χ3v) is 3.27. The lowest BCUT2D eigenvalue weighted by atomic mass is 9.92. The van der Waals surface area contributed by atoms with Crippen molar-refractivity contribution in [2.24, 2.45) is 0 Å². The highest BCUT2D eigenvalue weighted by Gasteiger charge is 2.48. The van der Waals surface area contributed by atoms with E-state index in [1.54, 1.807) is 24.1 Å². The summed E-state index contributed by atoms with van der Waals surface area (Å²) in [5.41, 5.74) is -0.991. The Balaban J connectivity index is 2.39. The minimum atomic E-state index is -4.67. The molecule has 0 saturated carbocycles. The van der Waals surface area contributed by atoms with Gasteiger partial charge in [-0.3, -0.25) is 14.6 Å². The van der Waals surface area contributed by atoms with E-state index in [2.05, 4.69) is 9.72 Å². The van der Waals surface area contributed by atoms with Gasteiger partial charge < -0.3 is 0 Å². The maximum Gasteiger partial charge on any atom is 0.524 e. The summed E-state index contributed by atoms with van der Waals surface area (Å²) < 4.78 is 42.5. The van der Waals surface area contributed by atoms with Gasteiger partial charge in [0.25, 0.3) is 0 Å². The Kier molecular flexibility index (Phi) is 3.59. The van der Waals surface area contributed by atoms with Crippen LogP contribution in [0.3, 0.4) is 0 Å². The van der Waals surface area contributed by atoms with Crippen molar-refractivity contribution in [2.75, 3.05) is 13.6 Å². The van der Waals surface area contributed by atoms with Crippen molar-refractivity contribution in [3.63, 3.8) is 0 Å². The van der Waals surface area contributed by atoms with E-state index < -0.39 is 12.1 Å². The molecule has 1 aliphatic heterocycles. The molecule has 1 saturated heterocycles. The molecular weight excluding hydrogens is 245 g/mol. The quantitative estimate of drug-likeness (QED) is 0.817. The molecule has 3 nitrogen and oxygen atoms in total. The van der Waals surface area contributed by atoms with Crippen LogP contribution in [-0.2, 0) is 10.5 Å². The molecule has 1 fully saturated rings. The van der Waals surface area contributed by atoms with Gasteiger partial charge in [0, 0.05) is 24.5 Å². The summed E-state index contributed by atoms with van der Waals surface area (Å²) in [5, 5.41) is 0. The van der Waals surface area contributed by atoms with Crippen LogP contribution >= 0.6 is 0 Å². The molecule has 100 valence electrons. The van der Waals surface area contributed by atoms with E-state index in [0.29, 0.717) is 24.9 Å². The molecule has 2 rings (SSSR count). The van der Waals surface area contributed by atoms with E-state index in [1.165, 1.54) is 12.4 Å². The maximum absolute atomic E-state index is 12.7. The number of pyridine rings is 1. The summed E-state index contributed by atoms with van der Waals surface area (Å²) in [4.78, 5) is 5.51. The van der Waals surface area contributed by atoms with Crippen LogP contribution in [0.15, 0.2) is 24.5 Å². The Morgan fingerprint density at radius 2 is 2.17 bits per heavy atom. The predicted molar refractivity (Wildman–Crippen MR) is 59.5 cm³/mol. The average Bonchev–Trinajstić information content (AvgIpc) is 2.32. The number of rotatable bonds is 2. The van der Waals surface area contributed by atoms with Gasteiger partial charge in [0.2, 0.25) is 0 Å². The van der Waals surface area contributed by atoms with Crippen LogP contribution in [0.5, 0.6) is 0 Å². The van der Waals surface area contributed by atoms with Gasteiger partial charge in [-0.05, 0) is 32.4 Å². The van der Waals surface area contributed by atoms with Crippen molar-refractivity contribution in [3.8, 4) is 0 Å². The summed E-state index contributed by atoms with van der Waals surface area (Å²) >= 11 is 0. The molecule has 2 heterocycles. The van der Waals surface area contributed by atoms with Crippen LogP contribution in [0, 0.1) is 0 Å². The van der Waals surface area contributed by atoms with Crippen molar-refractivity contribution in [1.82, 2.24) is 9.88 Å². The number of aromatic nitrogens is 1. The van der Waals surface area contributed by atoms with Crippen molar-refractivity contribution in [2.45, 2.75) is 31.3 Å².